The molecule has 0 atom stereocenters. The van der Waals surface area contributed by atoms with Gasteiger partial charge in [-0.25, -0.2) is 4.79 Å². The summed E-state index contributed by atoms with van der Waals surface area (Å²) in [5.74, 6) is 2.57. The highest BCUT2D eigenvalue weighted by molar-refractivity contribution is 9.11. The van der Waals surface area contributed by atoms with Gasteiger partial charge in [0.1, 0.15) is 19.0 Å². The summed E-state index contributed by atoms with van der Waals surface area (Å²) in [5.41, 5.74) is 0.440. The van der Waals surface area contributed by atoms with E-state index >= 15 is 0 Å². The minimum Gasteiger partial charge on any atom is -0.479 e. The van der Waals surface area contributed by atoms with Crippen LogP contribution in [-0.2, 0) is 4.74 Å². The van der Waals surface area contributed by atoms with Crippen molar-refractivity contribution in [3.05, 3.63) is 26.6 Å². The number of esters is 1. The predicted molar refractivity (Wildman–Crippen MR) is 85.0 cm³/mol. The Morgan fingerprint density at radius 2 is 1.95 bits per heavy atom. The van der Waals surface area contributed by atoms with E-state index in [0.29, 0.717) is 33.4 Å². The Morgan fingerprint density at radius 1 is 1.35 bits per heavy atom. The van der Waals surface area contributed by atoms with E-state index in [-0.39, 0.29) is 12.6 Å². The molecule has 108 valence electrons. The van der Waals surface area contributed by atoms with Crippen molar-refractivity contribution in [1.82, 2.24) is 4.90 Å². The van der Waals surface area contributed by atoms with Gasteiger partial charge in [0.15, 0.2) is 0 Å². The van der Waals surface area contributed by atoms with Crippen LogP contribution in [0.15, 0.2) is 21.1 Å². The lowest BCUT2D eigenvalue weighted by Crippen LogP contribution is -2.20. The summed E-state index contributed by atoms with van der Waals surface area (Å²) in [5, 5.41) is 0. The van der Waals surface area contributed by atoms with Gasteiger partial charge < -0.3 is 14.4 Å². The zero-order valence-corrected chi connectivity index (χ0v) is 14.5. The molecule has 0 heterocycles. The van der Waals surface area contributed by atoms with Crippen LogP contribution in [0.3, 0.4) is 0 Å². The van der Waals surface area contributed by atoms with Crippen molar-refractivity contribution in [2.24, 2.45) is 0 Å². The molecule has 6 heteroatoms. The number of benzene rings is 1. The van der Waals surface area contributed by atoms with E-state index in [1.54, 1.807) is 12.1 Å². The van der Waals surface area contributed by atoms with Crippen molar-refractivity contribution >= 4 is 37.8 Å². The molecule has 0 amide bonds. The third-order valence-corrected chi connectivity index (χ3v) is 3.48. The highest BCUT2D eigenvalue weighted by atomic mass is 79.9. The molecule has 0 spiro atoms. The number of halogens is 2. The molecule has 0 unspecified atom stereocenters. The Morgan fingerprint density at radius 3 is 2.45 bits per heavy atom. The van der Waals surface area contributed by atoms with Crippen LogP contribution in [0.1, 0.15) is 10.4 Å². The molecule has 0 aliphatic rings. The maximum Gasteiger partial charge on any atom is 0.338 e. The Kier molecular flexibility index (Phi) is 7.06. The van der Waals surface area contributed by atoms with E-state index in [1.165, 1.54) is 0 Å². The summed E-state index contributed by atoms with van der Waals surface area (Å²) in [7, 11) is 3.83. The second-order valence-corrected chi connectivity index (χ2v) is 5.91. The molecule has 0 fully saturated rings. The van der Waals surface area contributed by atoms with E-state index in [9.17, 15) is 4.79 Å². The maximum atomic E-state index is 11.9. The van der Waals surface area contributed by atoms with Gasteiger partial charge in [-0.1, -0.05) is 5.92 Å². The molecule has 1 aromatic rings. The molecular weight excluding hydrogens is 390 g/mol. The first-order chi connectivity index (χ1) is 9.45. The van der Waals surface area contributed by atoms with Gasteiger partial charge in [0, 0.05) is 6.54 Å². The van der Waals surface area contributed by atoms with Crippen LogP contribution in [0.5, 0.6) is 5.75 Å². The first kappa shape index (κ1) is 17.0. The van der Waals surface area contributed by atoms with E-state index < -0.39 is 0 Å². The molecule has 1 rings (SSSR count). The first-order valence-electron chi connectivity index (χ1n) is 5.83. The number of nitrogens with zero attached hydrogens (tertiary/aromatic N) is 1. The van der Waals surface area contributed by atoms with Crippen LogP contribution in [0.2, 0.25) is 0 Å². The quantitative estimate of drug-likeness (QED) is 0.539. The fourth-order valence-corrected chi connectivity index (χ4v) is 2.75. The second-order valence-electron chi connectivity index (χ2n) is 4.20. The molecule has 1 aromatic carbocycles. The fraction of sp³-hybridized carbons (Fsp3) is 0.357. The Bertz CT molecular complexity index is 501. The summed E-state index contributed by atoms with van der Waals surface area (Å²) in [6, 6.07) is 3.29. The standard InChI is InChI=1S/C14H15Br2NO3/c1-4-6-19-13-11(15)8-10(9-12(13)16)14(18)20-7-5-17(2)3/h1,8-9H,5-7H2,2-3H3. The number of hydrogen-bond donors (Lipinski definition) is 0. The summed E-state index contributed by atoms with van der Waals surface area (Å²) >= 11 is 6.70. The van der Waals surface area contributed by atoms with Gasteiger partial charge in [-0.05, 0) is 58.1 Å². The van der Waals surface area contributed by atoms with Crippen LogP contribution in [-0.4, -0.2) is 44.7 Å². The Balaban J connectivity index is 2.77. The van der Waals surface area contributed by atoms with E-state index in [2.05, 4.69) is 37.8 Å². The maximum absolute atomic E-state index is 11.9. The van der Waals surface area contributed by atoms with Crippen molar-refractivity contribution in [3.8, 4) is 18.1 Å². The van der Waals surface area contributed by atoms with Gasteiger partial charge in [0.2, 0.25) is 0 Å². The van der Waals surface area contributed by atoms with Crippen molar-refractivity contribution in [2.75, 3.05) is 33.9 Å². The van der Waals surface area contributed by atoms with E-state index in [4.69, 9.17) is 15.9 Å². The minimum absolute atomic E-state index is 0.157. The molecule has 4 nitrogen and oxygen atoms in total. The molecule has 0 radical (unpaired) electrons. The van der Waals surface area contributed by atoms with Crippen molar-refractivity contribution < 1.29 is 14.3 Å². The second kappa shape index (κ2) is 8.30. The lowest BCUT2D eigenvalue weighted by Gasteiger charge is -2.12. The lowest BCUT2D eigenvalue weighted by atomic mass is 10.2. The van der Waals surface area contributed by atoms with Gasteiger partial charge in [0.05, 0.1) is 14.5 Å². The molecule has 0 saturated heterocycles. The molecule has 0 aliphatic carbocycles. The number of carbonyl (C=O) groups is 1. The predicted octanol–water partition coefficient (Wildman–Crippen LogP) is 2.94. The van der Waals surface area contributed by atoms with E-state index in [0.717, 1.165) is 0 Å². The Labute approximate surface area is 135 Å². The molecule has 20 heavy (non-hydrogen) atoms. The number of carbonyl (C=O) groups excluding carboxylic acids is 1. The van der Waals surface area contributed by atoms with Gasteiger partial charge in [-0.3, -0.25) is 0 Å². The van der Waals surface area contributed by atoms with Gasteiger partial charge >= 0.3 is 5.97 Å². The zero-order valence-electron chi connectivity index (χ0n) is 11.3. The number of hydrogen-bond acceptors (Lipinski definition) is 4. The van der Waals surface area contributed by atoms with Crippen molar-refractivity contribution in [2.45, 2.75) is 0 Å². The largest absolute Gasteiger partial charge is 0.479 e. The van der Waals surface area contributed by atoms with Crippen LogP contribution in [0, 0.1) is 12.3 Å². The SMILES string of the molecule is C#CCOc1c(Br)cc(C(=O)OCCN(C)C)cc1Br. The number of ether oxygens (including phenoxy) is 2. The zero-order chi connectivity index (χ0) is 15.1. The average molecular weight is 405 g/mol. The molecule has 0 aliphatic heterocycles. The van der Waals surface area contributed by atoms with Gasteiger partial charge in [-0.2, -0.15) is 0 Å². The fourth-order valence-electron chi connectivity index (χ4n) is 1.33. The topological polar surface area (TPSA) is 38.8 Å². The van der Waals surface area contributed by atoms with Gasteiger partial charge in [0.25, 0.3) is 0 Å². The van der Waals surface area contributed by atoms with Crippen molar-refractivity contribution in [3.63, 3.8) is 0 Å². The van der Waals surface area contributed by atoms with Crippen LogP contribution >= 0.6 is 31.9 Å². The highest BCUT2D eigenvalue weighted by Crippen LogP contribution is 2.34. The number of terminal acetylenes is 1. The average Bonchev–Trinajstić information content (AvgIpc) is 2.37. The highest BCUT2D eigenvalue weighted by Gasteiger charge is 2.14. The van der Waals surface area contributed by atoms with Crippen LogP contribution < -0.4 is 4.74 Å². The lowest BCUT2D eigenvalue weighted by molar-refractivity contribution is 0.0481. The van der Waals surface area contributed by atoms with Crippen LogP contribution in [0.25, 0.3) is 0 Å². The molecule has 0 N–H and O–H groups in total. The normalized spacial score (nSPS) is 10.2. The number of likely N-dealkylation sites (N-methyl/N-ethyl adjacent to an activating group) is 1. The summed E-state index contributed by atoms with van der Waals surface area (Å²) in [4.78, 5) is 13.8. The monoisotopic (exact) mass is 403 g/mol. The summed E-state index contributed by atoms with van der Waals surface area (Å²) < 4.78 is 11.8. The van der Waals surface area contributed by atoms with Crippen molar-refractivity contribution in [1.29, 1.82) is 0 Å². The molecule has 0 bridgehead atoms. The Hall–Kier alpha value is -1.03. The smallest absolute Gasteiger partial charge is 0.338 e. The first-order valence-corrected chi connectivity index (χ1v) is 7.41. The minimum atomic E-state index is -0.378. The summed E-state index contributed by atoms with van der Waals surface area (Å²) in [6.07, 6.45) is 5.15. The molecular formula is C14H15Br2NO3. The molecule has 0 aromatic heterocycles. The van der Waals surface area contributed by atoms with Gasteiger partial charge in [-0.15, -0.1) is 6.42 Å². The van der Waals surface area contributed by atoms with Crippen LogP contribution in [0.4, 0.5) is 0 Å². The molecule has 0 saturated carbocycles. The number of rotatable bonds is 6. The third kappa shape index (κ3) is 5.16. The summed E-state index contributed by atoms with van der Waals surface area (Å²) in [6.45, 7) is 1.18. The van der Waals surface area contributed by atoms with E-state index in [1.807, 2.05) is 19.0 Å². The third-order valence-electron chi connectivity index (χ3n) is 2.31.